The molecule has 0 aliphatic carbocycles. The minimum Gasteiger partial charge on any atom is -0.380 e. The smallest absolute Gasteiger partial charge is 0.101 e. The molecule has 86 valence electrons. The number of halogens is 1. The SMILES string of the molecule is CCOCC(C)Nc1ccc(Cl)c(C#N)c1. The van der Waals surface area contributed by atoms with Crippen LogP contribution in [0.15, 0.2) is 18.2 Å². The summed E-state index contributed by atoms with van der Waals surface area (Å²) in [6.45, 7) is 5.33. The molecule has 1 atom stereocenters. The third kappa shape index (κ3) is 3.73. The number of ether oxygens (including phenoxy) is 1. The Balaban J connectivity index is 2.64. The van der Waals surface area contributed by atoms with Crippen molar-refractivity contribution in [2.45, 2.75) is 19.9 Å². The van der Waals surface area contributed by atoms with Gasteiger partial charge in [-0.25, -0.2) is 0 Å². The van der Waals surface area contributed by atoms with E-state index in [9.17, 15) is 0 Å². The van der Waals surface area contributed by atoms with E-state index in [0.29, 0.717) is 23.8 Å². The van der Waals surface area contributed by atoms with Gasteiger partial charge in [-0.05, 0) is 32.0 Å². The van der Waals surface area contributed by atoms with E-state index in [-0.39, 0.29) is 6.04 Å². The standard InChI is InChI=1S/C12H15ClN2O/c1-3-16-8-9(2)15-11-4-5-12(13)10(6-11)7-14/h4-6,9,15H,3,8H2,1-2H3. The van der Waals surface area contributed by atoms with E-state index in [0.717, 1.165) is 5.69 Å². The van der Waals surface area contributed by atoms with Gasteiger partial charge in [0.25, 0.3) is 0 Å². The van der Waals surface area contributed by atoms with Crippen LogP contribution in [0.5, 0.6) is 0 Å². The lowest BCUT2D eigenvalue weighted by atomic mass is 10.2. The fourth-order valence-electron chi connectivity index (χ4n) is 1.32. The summed E-state index contributed by atoms with van der Waals surface area (Å²) in [6, 6.07) is 7.56. The first-order chi connectivity index (χ1) is 7.67. The van der Waals surface area contributed by atoms with Crippen molar-refractivity contribution in [3.8, 4) is 6.07 Å². The molecule has 1 aromatic carbocycles. The van der Waals surface area contributed by atoms with E-state index in [4.69, 9.17) is 21.6 Å². The minimum atomic E-state index is 0.202. The Labute approximate surface area is 101 Å². The van der Waals surface area contributed by atoms with E-state index in [2.05, 4.69) is 5.32 Å². The van der Waals surface area contributed by atoms with Gasteiger partial charge in [0, 0.05) is 18.3 Å². The first kappa shape index (κ1) is 12.8. The highest BCUT2D eigenvalue weighted by molar-refractivity contribution is 6.31. The highest BCUT2D eigenvalue weighted by Crippen LogP contribution is 2.20. The molecule has 1 unspecified atom stereocenters. The second kappa shape index (κ2) is 6.37. The van der Waals surface area contributed by atoms with Crippen LogP contribution in [0.1, 0.15) is 19.4 Å². The summed E-state index contributed by atoms with van der Waals surface area (Å²) in [7, 11) is 0. The van der Waals surface area contributed by atoms with Crippen LogP contribution >= 0.6 is 11.6 Å². The summed E-state index contributed by atoms with van der Waals surface area (Å²) < 4.78 is 5.29. The molecule has 0 aliphatic heterocycles. The fourth-order valence-corrected chi connectivity index (χ4v) is 1.48. The predicted octanol–water partition coefficient (Wildman–Crippen LogP) is 3.05. The zero-order chi connectivity index (χ0) is 12.0. The van der Waals surface area contributed by atoms with Crippen molar-refractivity contribution in [3.05, 3.63) is 28.8 Å². The average molecular weight is 239 g/mol. The lowest BCUT2D eigenvalue weighted by Crippen LogP contribution is -2.21. The molecule has 3 nitrogen and oxygen atoms in total. The van der Waals surface area contributed by atoms with Crippen LogP contribution in [0, 0.1) is 11.3 Å². The van der Waals surface area contributed by atoms with Crippen molar-refractivity contribution in [3.63, 3.8) is 0 Å². The molecule has 0 saturated heterocycles. The Morgan fingerprint density at radius 3 is 2.94 bits per heavy atom. The summed E-state index contributed by atoms with van der Waals surface area (Å²) in [4.78, 5) is 0. The van der Waals surface area contributed by atoms with Crippen LogP contribution in [0.25, 0.3) is 0 Å². The molecule has 1 rings (SSSR count). The second-order valence-electron chi connectivity index (χ2n) is 3.51. The molecule has 0 fully saturated rings. The predicted molar refractivity (Wildman–Crippen MR) is 65.7 cm³/mol. The number of nitrogens with one attached hydrogen (secondary N) is 1. The summed E-state index contributed by atoms with van der Waals surface area (Å²) >= 11 is 5.84. The molecule has 1 N–H and O–H groups in total. The molecule has 4 heteroatoms. The van der Waals surface area contributed by atoms with Gasteiger partial charge in [0.15, 0.2) is 0 Å². The molecule has 0 bridgehead atoms. The number of nitriles is 1. The van der Waals surface area contributed by atoms with E-state index in [1.54, 1.807) is 12.1 Å². The van der Waals surface area contributed by atoms with E-state index in [1.165, 1.54) is 0 Å². The maximum absolute atomic E-state index is 8.83. The molecular formula is C12H15ClN2O. The Morgan fingerprint density at radius 1 is 1.56 bits per heavy atom. The van der Waals surface area contributed by atoms with Gasteiger partial charge in [-0.15, -0.1) is 0 Å². The molecular weight excluding hydrogens is 224 g/mol. The number of rotatable bonds is 5. The third-order valence-electron chi connectivity index (χ3n) is 2.07. The first-order valence-electron chi connectivity index (χ1n) is 5.21. The largest absolute Gasteiger partial charge is 0.380 e. The van der Waals surface area contributed by atoms with Crippen molar-refractivity contribution >= 4 is 17.3 Å². The van der Waals surface area contributed by atoms with Crippen LogP contribution in [-0.2, 0) is 4.74 Å². The van der Waals surface area contributed by atoms with Crippen molar-refractivity contribution < 1.29 is 4.74 Å². The number of nitrogens with zero attached hydrogens (tertiary/aromatic N) is 1. The van der Waals surface area contributed by atoms with Gasteiger partial charge in [-0.2, -0.15) is 5.26 Å². The summed E-state index contributed by atoms with van der Waals surface area (Å²) in [5.74, 6) is 0. The summed E-state index contributed by atoms with van der Waals surface area (Å²) in [6.07, 6.45) is 0. The van der Waals surface area contributed by atoms with Gasteiger partial charge in [-0.3, -0.25) is 0 Å². The average Bonchev–Trinajstić information content (AvgIpc) is 2.29. The van der Waals surface area contributed by atoms with Crippen molar-refractivity contribution in [1.82, 2.24) is 0 Å². The Bertz CT molecular complexity index is 387. The molecule has 0 radical (unpaired) electrons. The van der Waals surface area contributed by atoms with Crippen LogP contribution in [-0.4, -0.2) is 19.3 Å². The lowest BCUT2D eigenvalue weighted by molar-refractivity contribution is 0.141. The monoisotopic (exact) mass is 238 g/mol. The van der Waals surface area contributed by atoms with E-state index < -0.39 is 0 Å². The van der Waals surface area contributed by atoms with Crippen LogP contribution in [0.3, 0.4) is 0 Å². The maximum Gasteiger partial charge on any atom is 0.101 e. The second-order valence-corrected chi connectivity index (χ2v) is 3.92. The zero-order valence-electron chi connectivity index (χ0n) is 9.46. The van der Waals surface area contributed by atoms with E-state index in [1.807, 2.05) is 26.0 Å². The van der Waals surface area contributed by atoms with Gasteiger partial charge in [0.05, 0.1) is 17.2 Å². The minimum absolute atomic E-state index is 0.202. The number of hydrogen-bond acceptors (Lipinski definition) is 3. The van der Waals surface area contributed by atoms with Gasteiger partial charge >= 0.3 is 0 Å². The number of anilines is 1. The molecule has 0 saturated carbocycles. The Hall–Kier alpha value is -1.24. The third-order valence-corrected chi connectivity index (χ3v) is 2.40. The fraction of sp³-hybridized carbons (Fsp3) is 0.417. The van der Waals surface area contributed by atoms with Crippen molar-refractivity contribution in [2.24, 2.45) is 0 Å². The molecule has 0 aromatic heterocycles. The van der Waals surface area contributed by atoms with Crippen molar-refractivity contribution in [2.75, 3.05) is 18.5 Å². The quantitative estimate of drug-likeness (QED) is 0.858. The first-order valence-corrected chi connectivity index (χ1v) is 5.59. The molecule has 0 heterocycles. The topological polar surface area (TPSA) is 45.0 Å². The van der Waals surface area contributed by atoms with Gasteiger partial charge in [0.2, 0.25) is 0 Å². The maximum atomic E-state index is 8.83. The molecule has 0 amide bonds. The van der Waals surface area contributed by atoms with Gasteiger partial charge < -0.3 is 10.1 Å². The highest BCUT2D eigenvalue weighted by Gasteiger charge is 2.04. The van der Waals surface area contributed by atoms with Gasteiger partial charge in [0.1, 0.15) is 6.07 Å². The lowest BCUT2D eigenvalue weighted by Gasteiger charge is -2.15. The Kier molecular flexibility index (Phi) is 5.10. The number of hydrogen-bond donors (Lipinski definition) is 1. The zero-order valence-corrected chi connectivity index (χ0v) is 10.2. The van der Waals surface area contributed by atoms with Gasteiger partial charge in [-0.1, -0.05) is 11.6 Å². The summed E-state index contributed by atoms with van der Waals surface area (Å²) in [5.41, 5.74) is 1.36. The normalized spacial score (nSPS) is 11.9. The molecule has 16 heavy (non-hydrogen) atoms. The van der Waals surface area contributed by atoms with Crippen LogP contribution < -0.4 is 5.32 Å². The number of benzene rings is 1. The Morgan fingerprint density at radius 2 is 2.31 bits per heavy atom. The molecule has 1 aromatic rings. The summed E-state index contributed by atoms with van der Waals surface area (Å²) in [5, 5.41) is 12.6. The van der Waals surface area contributed by atoms with Crippen molar-refractivity contribution in [1.29, 1.82) is 5.26 Å². The van der Waals surface area contributed by atoms with Crippen LogP contribution in [0.4, 0.5) is 5.69 Å². The van der Waals surface area contributed by atoms with Crippen LogP contribution in [0.2, 0.25) is 5.02 Å². The highest BCUT2D eigenvalue weighted by atomic mass is 35.5. The molecule has 0 aliphatic rings. The molecule has 0 spiro atoms. The van der Waals surface area contributed by atoms with E-state index >= 15 is 0 Å².